The van der Waals surface area contributed by atoms with E-state index in [0.29, 0.717) is 36.0 Å². The summed E-state index contributed by atoms with van der Waals surface area (Å²) in [5.74, 6) is 0.844. The number of esters is 1. The topological polar surface area (TPSA) is 98.1 Å². The standard InChI is InChI=1S/C26H31N5O3S2/c1-4-14-31-21(16-27-18-11-9-17(3)10-12-18)29-30-26(31)35-15-13-22(32)28-24-23(25(33)34-5-2)19-7-6-8-20(19)36-24/h4,9-12,27H,1,5-8,13-16H2,2-3H3,(H,28,32). The van der Waals surface area contributed by atoms with E-state index in [0.717, 1.165) is 41.5 Å². The van der Waals surface area contributed by atoms with Crippen molar-refractivity contribution >= 4 is 45.7 Å². The minimum atomic E-state index is -0.356. The Labute approximate surface area is 219 Å². The maximum Gasteiger partial charge on any atom is 0.341 e. The number of hydrogen-bond donors (Lipinski definition) is 2. The van der Waals surface area contributed by atoms with Crippen molar-refractivity contribution < 1.29 is 14.3 Å². The normalized spacial score (nSPS) is 12.3. The first kappa shape index (κ1) is 26.0. The minimum Gasteiger partial charge on any atom is -0.462 e. The number of amides is 1. The second-order valence-corrected chi connectivity index (χ2v) is 10.6. The van der Waals surface area contributed by atoms with Crippen molar-refractivity contribution in [3.63, 3.8) is 0 Å². The number of carbonyl (C=O) groups excluding carboxylic acids is 2. The van der Waals surface area contributed by atoms with E-state index in [-0.39, 0.29) is 18.3 Å². The molecule has 0 saturated heterocycles. The number of hydrogen-bond acceptors (Lipinski definition) is 8. The maximum atomic E-state index is 12.7. The Morgan fingerprint density at radius 3 is 2.81 bits per heavy atom. The summed E-state index contributed by atoms with van der Waals surface area (Å²) in [4.78, 5) is 26.4. The van der Waals surface area contributed by atoms with Crippen molar-refractivity contribution in [1.29, 1.82) is 0 Å². The lowest BCUT2D eigenvalue weighted by Gasteiger charge is -2.10. The van der Waals surface area contributed by atoms with Crippen LogP contribution < -0.4 is 10.6 Å². The van der Waals surface area contributed by atoms with Gasteiger partial charge >= 0.3 is 5.97 Å². The third kappa shape index (κ3) is 6.17. The van der Waals surface area contributed by atoms with Gasteiger partial charge in [0, 0.05) is 29.3 Å². The van der Waals surface area contributed by atoms with Crippen LogP contribution in [-0.2, 0) is 35.5 Å². The number of thiophene rings is 1. The Morgan fingerprint density at radius 1 is 1.25 bits per heavy atom. The average Bonchev–Trinajstić information content (AvgIpc) is 3.54. The van der Waals surface area contributed by atoms with Crippen LogP contribution in [0.15, 0.2) is 42.1 Å². The van der Waals surface area contributed by atoms with Crippen LogP contribution in [0, 0.1) is 6.92 Å². The third-order valence-electron chi connectivity index (χ3n) is 5.82. The number of nitrogens with one attached hydrogen (secondary N) is 2. The fourth-order valence-corrected chi connectivity index (χ4v) is 6.26. The number of anilines is 2. The van der Waals surface area contributed by atoms with Gasteiger partial charge in [-0.3, -0.25) is 4.79 Å². The molecule has 10 heteroatoms. The van der Waals surface area contributed by atoms with Gasteiger partial charge in [0.05, 0.1) is 18.7 Å². The molecule has 0 bridgehead atoms. The molecule has 0 aliphatic heterocycles. The van der Waals surface area contributed by atoms with Gasteiger partial charge in [0.2, 0.25) is 5.91 Å². The number of thioether (sulfide) groups is 1. The van der Waals surface area contributed by atoms with Crippen molar-refractivity contribution in [3.8, 4) is 0 Å². The average molecular weight is 526 g/mol. The van der Waals surface area contributed by atoms with Gasteiger partial charge in [-0.1, -0.05) is 35.5 Å². The van der Waals surface area contributed by atoms with E-state index >= 15 is 0 Å². The minimum absolute atomic E-state index is 0.135. The first-order valence-corrected chi connectivity index (χ1v) is 13.9. The Hall–Kier alpha value is -3.11. The fourth-order valence-electron chi connectivity index (χ4n) is 4.06. The molecule has 1 amide bonds. The van der Waals surface area contributed by atoms with Crippen molar-refractivity contribution in [1.82, 2.24) is 14.8 Å². The third-order valence-corrected chi connectivity index (χ3v) is 8.00. The Bertz CT molecular complexity index is 1230. The second-order valence-electron chi connectivity index (χ2n) is 8.45. The zero-order chi connectivity index (χ0) is 25.5. The highest BCUT2D eigenvalue weighted by Crippen LogP contribution is 2.39. The van der Waals surface area contributed by atoms with Crippen molar-refractivity contribution in [2.75, 3.05) is 23.0 Å². The van der Waals surface area contributed by atoms with E-state index in [1.165, 1.54) is 33.5 Å². The number of nitrogens with zero attached hydrogens (tertiary/aromatic N) is 3. The van der Waals surface area contributed by atoms with Gasteiger partial charge in [-0.2, -0.15) is 0 Å². The number of aromatic nitrogens is 3. The second kappa shape index (κ2) is 12.2. The molecular formula is C26H31N5O3S2. The zero-order valence-electron chi connectivity index (χ0n) is 20.6. The first-order chi connectivity index (χ1) is 17.5. The molecule has 36 heavy (non-hydrogen) atoms. The molecule has 3 aromatic rings. The van der Waals surface area contributed by atoms with Crippen LogP contribution in [0.4, 0.5) is 10.7 Å². The highest BCUT2D eigenvalue weighted by atomic mass is 32.2. The van der Waals surface area contributed by atoms with Crippen LogP contribution in [0.5, 0.6) is 0 Å². The number of aryl methyl sites for hydroxylation is 2. The largest absolute Gasteiger partial charge is 0.462 e. The van der Waals surface area contributed by atoms with E-state index in [1.807, 2.05) is 22.8 Å². The highest BCUT2D eigenvalue weighted by Gasteiger charge is 2.28. The first-order valence-electron chi connectivity index (χ1n) is 12.1. The van der Waals surface area contributed by atoms with Crippen molar-refractivity contribution in [2.24, 2.45) is 0 Å². The zero-order valence-corrected chi connectivity index (χ0v) is 22.3. The molecule has 4 rings (SSSR count). The summed E-state index contributed by atoms with van der Waals surface area (Å²) in [5, 5.41) is 16.3. The van der Waals surface area contributed by atoms with Crippen LogP contribution in [0.25, 0.3) is 0 Å². The predicted molar refractivity (Wildman–Crippen MR) is 145 cm³/mol. The SMILES string of the molecule is C=CCn1c(CNc2ccc(C)cc2)nnc1SCCC(=O)Nc1sc2c(c1C(=O)OCC)CCC2. The van der Waals surface area contributed by atoms with E-state index in [4.69, 9.17) is 4.74 Å². The molecule has 1 aromatic carbocycles. The Kier molecular flexibility index (Phi) is 8.82. The lowest BCUT2D eigenvalue weighted by Crippen LogP contribution is -2.15. The van der Waals surface area contributed by atoms with Gasteiger partial charge in [-0.15, -0.1) is 28.1 Å². The van der Waals surface area contributed by atoms with Gasteiger partial charge in [-0.25, -0.2) is 4.79 Å². The summed E-state index contributed by atoms with van der Waals surface area (Å²) in [5.41, 5.74) is 3.79. The van der Waals surface area contributed by atoms with E-state index in [9.17, 15) is 9.59 Å². The van der Waals surface area contributed by atoms with Crippen LogP contribution in [-0.4, -0.2) is 39.0 Å². The van der Waals surface area contributed by atoms with Gasteiger partial charge in [-0.05, 0) is 50.8 Å². The molecule has 0 fully saturated rings. The Balaban J connectivity index is 1.34. The predicted octanol–water partition coefficient (Wildman–Crippen LogP) is 5.23. The molecule has 190 valence electrons. The lowest BCUT2D eigenvalue weighted by molar-refractivity contribution is -0.115. The molecule has 0 spiro atoms. The molecule has 0 atom stereocenters. The van der Waals surface area contributed by atoms with Gasteiger partial charge < -0.3 is 19.9 Å². The lowest BCUT2D eigenvalue weighted by atomic mass is 10.1. The van der Waals surface area contributed by atoms with Crippen molar-refractivity contribution in [2.45, 2.75) is 57.8 Å². The molecule has 0 unspecified atom stereocenters. The number of ether oxygens (including phenoxy) is 1. The molecule has 1 aliphatic carbocycles. The van der Waals surface area contributed by atoms with Crippen LogP contribution in [0.3, 0.4) is 0 Å². The molecule has 2 aromatic heterocycles. The molecule has 1 aliphatic rings. The summed E-state index contributed by atoms with van der Waals surface area (Å²) >= 11 is 2.97. The van der Waals surface area contributed by atoms with Crippen LogP contribution in [0.1, 0.15) is 52.0 Å². The van der Waals surface area contributed by atoms with Gasteiger partial charge in [0.25, 0.3) is 0 Å². The maximum absolute atomic E-state index is 12.7. The number of rotatable bonds is 12. The van der Waals surface area contributed by atoms with E-state index in [1.54, 1.807) is 6.92 Å². The van der Waals surface area contributed by atoms with E-state index in [2.05, 4.69) is 46.5 Å². The van der Waals surface area contributed by atoms with Gasteiger partial charge in [0.1, 0.15) is 5.00 Å². The summed E-state index contributed by atoms with van der Waals surface area (Å²) in [6, 6.07) is 8.19. The van der Waals surface area contributed by atoms with E-state index < -0.39 is 0 Å². The molecule has 2 heterocycles. The van der Waals surface area contributed by atoms with Crippen LogP contribution >= 0.6 is 23.1 Å². The molecule has 8 nitrogen and oxygen atoms in total. The monoisotopic (exact) mass is 525 g/mol. The quantitative estimate of drug-likeness (QED) is 0.190. The molecular weight excluding hydrogens is 494 g/mol. The number of benzene rings is 1. The highest BCUT2D eigenvalue weighted by molar-refractivity contribution is 7.99. The molecule has 0 radical (unpaired) electrons. The Morgan fingerprint density at radius 2 is 2.06 bits per heavy atom. The number of fused-ring (bicyclic) bond motifs is 1. The summed E-state index contributed by atoms with van der Waals surface area (Å²) < 4.78 is 7.25. The summed E-state index contributed by atoms with van der Waals surface area (Å²) in [6.07, 6.45) is 4.92. The number of carbonyl (C=O) groups is 2. The van der Waals surface area contributed by atoms with Crippen LogP contribution in [0.2, 0.25) is 0 Å². The molecule has 2 N–H and O–H groups in total. The number of allylic oxidation sites excluding steroid dienone is 1. The van der Waals surface area contributed by atoms with Crippen molar-refractivity contribution in [3.05, 3.63) is 64.3 Å². The summed E-state index contributed by atoms with van der Waals surface area (Å²) in [7, 11) is 0. The smallest absolute Gasteiger partial charge is 0.341 e. The fraction of sp³-hybridized carbons (Fsp3) is 0.385. The summed E-state index contributed by atoms with van der Waals surface area (Å²) in [6.45, 7) is 9.11. The molecule has 0 saturated carbocycles. The van der Waals surface area contributed by atoms with Gasteiger partial charge in [0.15, 0.2) is 11.0 Å².